The molecule has 18 heavy (non-hydrogen) atoms. The van der Waals surface area contributed by atoms with Crippen LogP contribution in [-0.4, -0.2) is 30.4 Å². The van der Waals surface area contributed by atoms with Crippen LogP contribution in [0.3, 0.4) is 0 Å². The first-order valence-corrected chi connectivity index (χ1v) is 6.44. The largest absolute Gasteiger partial charge is 0.375 e. The summed E-state index contributed by atoms with van der Waals surface area (Å²) in [5, 5.41) is 12.0. The van der Waals surface area contributed by atoms with Gasteiger partial charge in [0.15, 0.2) is 0 Å². The summed E-state index contributed by atoms with van der Waals surface area (Å²) in [4.78, 5) is 13.5. The van der Waals surface area contributed by atoms with E-state index in [1.54, 1.807) is 24.1 Å². The third kappa shape index (κ3) is 3.74. The summed E-state index contributed by atoms with van der Waals surface area (Å²) in [7, 11) is 1.77. The van der Waals surface area contributed by atoms with Crippen molar-refractivity contribution < 1.29 is 4.79 Å². The highest BCUT2D eigenvalue weighted by Crippen LogP contribution is 2.20. The maximum absolute atomic E-state index is 11.8. The van der Waals surface area contributed by atoms with E-state index in [0.29, 0.717) is 11.3 Å². The van der Waals surface area contributed by atoms with Crippen molar-refractivity contribution in [1.82, 2.24) is 4.90 Å². The quantitative estimate of drug-likeness (QED) is 0.930. The number of nitrogens with zero attached hydrogens (tertiary/aromatic N) is 2. The molecular weight excluding hydrogens is 294 g/mol. The van der Waals surface area contributed by atoms with Crippen LogP contribution in [0.2, 0.25) is 0 Å². The van der Waals surface area contributed by atoms with E-state index in [0.717, 1.165) is 4.47 Å². The second-order valence-electron chi connectivity index (χ2n) is 4.25. The number of benzene rings is 1. The molecule has 0 aromatic heterocycles. The number of hydrogen-bond donors (Lipinski definition) is 1. The van der Waals surface area contributed by atoms with Crippen LogP contribution in [-0.2, 0) is 4.79 Å². The first-order valence-electron chi connectivity index (χ1n) is 5.65. The van der Waals surface area contributed by atoms with Crippen molar-refractivity contribution in [2.45, 2.75) is 19.9 Å². The van der Waals surface area contributed by atoms with Gasteiger partial charge in [0.2, 0.25) is 5.91 Å². The summed E-state index contributed by atoms with van der Waals surface area (Å²) in [6.07, 6.45) is 0. The van der Waals surface area contributed by atoms with Crippen molar-refractivity contribution in [3.05, 3.63) is 28.2 Å². The fourth-order valence-electron chi connectivity index (χ4n) is 1.35. The van der Waals surface area contributed by atoms with Crippen molar-refractivity contribution >= 4 is 27.5 Å². The van der Waals surface area contributed by atoms with E-state index in [1.165, 1.54) is 0 Å². The highest BCUT2D eigenvalue weighted by Gasteiger charge is 2.12. The topological polar surface area (TPSA) is 56.1 Å². The number of halogens is 1. The van der Waals surface area contributed by atoms with Crippen molar-refractivity contribution in [1.29, 1.82) is 5.26 Å². The molecule has 0 atom stereocenters. The lowest BCUT2D eigenvalue weighted by Gasteiger charge is -2.22. The van der Waals surface area contributed by atoms with Crippen LogP contribution in [0, 0.1) is 11.3 Å². The Bertz CT molecular complexity index is 480. The van der Waals surface area contributed by atoms with Crippen molar-refractivity contribution in [3.8, 4) is 6.07 Å². The highest BCUT2D eigenvalue weighted by molar-refractivity contribution is 9.10. The Labute approximate surface area is 116 Å². The van der Waals surface area contributed by atoms with Crippen LogP contribution >= 0.6 is 15.9 Å². The number of nitrogens with one attached hydrogen (secondary N) is 1. The Morgan fingerprint density at radius 3 is 2.78 bits per heavy atom. The van der Waals surface area contributed by atoms with E-state index in [1.807, 2.05) is 19.9 Å². The van der Waals surface area contributed by atoms with Crippen molar-refractivity contribution in [2.24, 2.45) is 0 Å². The minimum Gasteiger partial charge on any atom is -0.375 e. The van der Waals surface area contributed by atoms with Gasteiger partial charge in [-0.1, -0.05) is 15.9 Å². The molecule has 1 rings (SSSR count). The number of rotatable bonds is 4. The maximum atomic E-state index is 11.8. The van der Waals surface area contributed by atoms with E-state index < -0.39 is 0 Å². The molecule has 0 spiro atoms. The minimum absolute atomic E-state index is 0.00296. The third-order valence-corrected chi connectivity index (χ3v) is 3.19. The molecule has 0 aliphatic rings. The number of hydrogen-bond acceptors (Lipinski definition) is 3. The molecule has 0 saturated carbocycles. The van der Waals surface area contributed by atoms with Gasteiger partial charge in [0, 0.05) is 17.6 Å². The monoisotopic (exact) mass is 309 g/mol. The zero-order valence-corrected chi connectivity index (χ0v) is 12.3. The van der Waals surface area contributed by atoms with E-state index in [-0.39, 0.29) is 18.5 Å². The molecular formula is C13H16BrN3O. The molecule has 0 bridgehead atoms. The molecule has 4 nitrogen and oxygen atoms in total. The first kappa shape index (κ1) is 14.5. The number of carbonyl (C=O) groups is 1. The molecule has 0 aliphatic heterocycles. The van der Waals surface area contributed by atoms with Gasteiger partial charge in [-0.3, -0.25) is 4.79 Å². The average molecular weight is 310 g/mol. The van der Waals surface area contributed by atoms with Gasteiger partial charge in [-0.15, -0.1) is 0 Å². The number of carbonyl (C=O) groups excluding carboxylic acids is 1. The Balaban J connectivity index is 2.70. The molecule has 0 heterocycles. The Morgan fingerprint density at radius 2 is 2.22 bits per heavy atom. The zero-order valence-electron chi connectivity index (χ0n) is 10.7. The van der Waals surface area contributed by atoms with Gasteiger partial charge < -0.3 is 10.2 Å². The third-order valence-electron chi connectivity index (χ3n) is 2.70. The standard InChI is InChI=1S/C13H16BrN3O/c1-9(2)17(3)13(18)8-16-12-5-4-11(14)6-10(12)7-15/h4-6,9,16H,8H2,1-3H3. The van der Waals surface area contributed by atoms with Gasteiger partial charge in [-0.05, 0) is 32.0 Å². The van der Waals surface area contributed by atoms with Crippen LogP contribution in [0.25, 0.3) is 0 Å². The molecule has 1 amide bonds. The van der Waals surface area contributed by atoms with E-state index >= 15 is 0 Å². The fraction of sp³-hybridized carbons (Fsp3) is 0.385. The minimum atomic E-state index is -0.00296. The SMILES string of the molecule is CC(C)N(C)C(=O)CNc1ccc(Br)cc1C#N. The summed E-state index contributed by atoms with van der Waals surface area (Å²) in [5.41, 5.74) is 1.19. The van der Waals surface area contributed by atoms with Crippen molar-refractivity contribution in [2.75, 3.05) is 18.9 Å². The molecule has 5 heteroatoms. The van der Waals surface area contributed by atoms with Crippen LogP contribution in [0.15, 0.2) is 22.7 Å². The lowest BCUT2D eigenvalue weighted by molar-refractivity contribution is -0.129. The Morgan fingerprint density at radius 1 is 1.56 bits per heavy atom. The lowest BCUT2D eigenvalue weighted by atomic mass is 10.2. The molecule has 0 radical (unpaired) electrons. The molecule has 1 aromatic carbocycles. The van der Waals surface area contributed by atoms with Crippen molar-refractivity contribution in [3.63, 3.8) is 0 Å². The molecule has 0 unspecified atom stereocenters. The normalized spacial score (nSPS) is 10.0. The van der Waals surface area contributed by atoms with Gasteiger partial charge in [-0.25, -0.2) is 0 Å². The predicted octanol–water partition coefficient (Wildman–Crippen LogP) is 2.60. The number of nitriles is 1. The maximum Gasteiger partial charge on any atom is 0.241 e. The van der Waals surface area contributed by atoms with Crippen LogP contribution in [0.5, 0.6) is 0 Å². The summed E-state index contributed by atoms with van der Waals surface area (Å²) in [5.74, 6) is -0.00296. The second-order valence-corrected chi connectivity index (χ2v) is 5.17. The van der Waals surface area contributed by atoms with Crippen LogP contribution in [0.1, 0.15) is 19.4 Å². The fourth-order valence-corrected chi connectivity index (χ4v) is 1.71. The smallest absolute Gasteiger partial charge is 0.241 e. The van der Waals surface area contributed by atoms with Crippen LogP contribution in [0.4, 0.5) is 5.69 Å². The first-order chi connectivity index (χ1) is 8.45. The highest BCUT2D eigenvalue weighted by atomic mass is 79.9. The Kier molecular flexibility index (Phi) is 5.17. The van der Waals surface area contributed by atoms with Gasteiger partial charge >= 0.3 is 0 Å². The summed E-state index contributed by atoms with van der Waals surface area (Å²) in [6, 6.07) is 7.60. The summed E-state index contributed by atoms with van der Waals surface area (Å²) < 4.78 is 0.843. The summed E-state index contributed by atoms with van der Waals surface area (Å²) in [6.45, 7) is 4.10. The van der Waals surface area contributed by atoms with Gasteiger partial charge in [-0.2, -0.15) is 5.26 Å². The molecule has 0 saturated heterocycles. The zero-order chi connectivity index (χ0) is 13.7. The predicted molar refractivity (Wildman–Crippen MR) is 75.3 cm³/mol. The van der Waals surface area contributed by atoms with Crippen LogP contribution < -0.4 is 5.32 Å². The molecule has 1 N–H and O–H groups in total. The average Bonchev–Trinajstić information content (AvgIpc) is 2.35. The number of anilines is 1. The van der Waals surface area contributed by atoms with E-state index in [9.17, 15) is 4.79 Å². The van der Waals surface area contributed by atoms with Gasteiger partial charge in [0.05, 0.1) is 17.8 Å². The Hall–Kier alpha value is -1.54. The van der Waals surface area contributed by atoms with E-state index in [4.69, 9.17) is 5.26 Å². The van der Waals surface area contributed by atoms with E-state index in [2.05, 4.69) is 27.3 Å². The molecule has 96 valence electrons. The molecule has 0 fully saturated rings. The summed E-state index contributed by atoms with van der Waals surface area (Å²) >= 11 is 3.31. The lowest BCUT2D eigenvalue weighted by Crippen LogP contribution is -2.37. The molecule has 0 aliphatic carbocycles. The number of amides is 1. The van der Waals surface area contributed by atoms with Gasteiger partial charge in [0.1, 0.15) is 6.07 Å². The number of likely N-dealkylation sites (N-methyl/N-ethyl adjacent to an activating group) is 1. The van der Waals surface area contributed by atoms with Gasteiger partial charge in [0.25, 0.3) is 0 Å². The second kappa shape index (κ2) is 6.41. The molecule has 1 aromatic rings.